The lowest BCUT2D eigenvalue weighted by atomic mass is 10.1. The third kappa shape index (κ3) is 5.50. The lowest BCUT2D eigenvalue weighted by Crippen LogP contribution is -2.39. The molecular formula is C22H27N3O2. The van der Waals surface area contributed by atoms with Crippen molar-refractivity contribution >= 4 is 22.3 Å². The van der Waals surface area contributed by atoms with Crippen molar-refractivity contribution in [2.45, 2.75) is 25.5 Å². The molecule has 1 unspecified atom stereocenters. The normalized spacial score (nSPS) is 12.9. The minimum absolute atomic E-state index is 0.235. The number of nitrogens with zero attached hydrogens (tertiary/aromatic N) is 2. The van der Waals surface area contributed by atoms with Gasteiger partial charge in [-0.25, -0.2) is 0 Å². The highest BCUT2D eigenvalue weighted by molar-refractivity contribution is 5.83. The Bertz CT molecular complexity index is 862. The van der Waals surface area contributed by atoms with Gasteiger partial charge in [0.2, 0.25) is 0 Å². The smallest absolute Gasteiger partial charge is 0.0952 e. The van der Waals surface area contributed by atoms with Crippen molar-refractivity contribution in [3.05, 3.63) is 66.9 Å². The summed E-state index contributed by atoms with van der Waals surface area (Å²) in [5.74, 6) is 0. The van der Waals surface area contributed by atoms with Crippen molar-refractivity contribution in [2.75, 3.05) is 24.7 Å². The third-order valence-corrected chi connectivity index (χ3v) is 4.14. The average Bonchev–Trinajstić information content (AvgIpc) is 2.65. The van der Waals surface area contributed by atoms with E-state index in [4.69, 9.17) is 10.5 Å². The van der Waals surface area contributed by atoms with E-state index in [0.717, 1.165) is 22.3 Å². The molecule has 0 fully saturated rings. The van der Waals surface area contributed by atoms with Gasteiger partial charge in [0.25, 0.3) is 0 Å². The maximum absolute atomic E-state index is 10.5. The molecule has 1 aromatic heterocycles. The number of para-hydroxylation sites is 1. The van der Waals surface area contributed by atoms with Crippen LogP contribution in [-0.2, 0) is 4.74 Å². The molecule has 0 amide bonds. The van der Waals surface area contributed by atoms with Gasteiger partial charge in [-0.05, 0) is 50.2 Å². The van der Waals surface area contributed by atoms with E-state index in [-0.39, 0.29) is 6.61 Å². The number of nitrogens with two attached hydrogens (primary N) is 1. The summed E-state index contributed by atoms with van der Waals surface area (Å²) in [4.78, 5) is 6.47. The van der Waals surface area contributed by atoms with Crippen LogP contribution in [-0.4, -0.2) is 41.5 Å². The van der Waals surface area contributed by atoms with Crippen molar-refractivity contribution in [2.24, 2.45) is 5.73 Å². The van der Waals surface area contributed by atoms with Gasteiger partial charge in [0.1, 0.15) is 0 Å². The zero-order valence-electron chi connectivity index (χ0n) is 15.9. The minimum atomic E-state index is -0.642. The number of hydrogen-bond acceptors (Lipinski definition) is 5. The summed E-state index contributed by atoms with van der Waals surface area (Å²) >= 11 is 0. The number of anilines is 2. The summed E-state index contributed by atoms with van der Waals surface area (Å²) in [7, 11) is 0. The number of aliphatic hydroxyl groups excluding tert-OH is 1. The number of benzene rings is 2. The zero-order valence-corrected chi connectivity index (χ0v) is 15.9. The molecule has 0 spiro atoms. The molecule has 142 valence electrons. The molecule has 5 nitrogen and oxygen atoms in total. The van der Waals surface area contributed by atoms with Gasteiger partial charge in [-0.3, -0.25) is 4.98 Å². The molecule has 1 atom stereocenters. The molecule has 3 N–H and O–H groups in total. The van der Waals surface area contributed by atoms with Gasteiger partial charge in [0.05, 0.1) is 31.4 Å². The zero-order chi connectivity index (χ0) is 19.3. The molecule has 0 saturated carbocycles. The Morgan fingerprint density at radius 3 is 2.59 bits per heavy atom. The Kier molecular flexibility index (Phi) is 6.06. The minimum Gasteiger partial charge on any atom is -0.389 e. The first-order valence-electron chi connectivity index (χ1n) is 9.14. The Balaban J connectivity index is 1.81. The second-order valence-corrected chi connectivity index (χ2v) is 7.48. The second-order valence-electron chi connectivity index (χ2n) is 7.48. The van der Waals surface area contributed by atoms with Gasteiger partial charge in [-0.2, -0.15) is 0 Å². The van der Waals surface area contributed by atoms with Crippen LogP contribution in [0, 0.1) is 0 Å². The van der Waals surface area contributed by atoms with Crippen molar-refractivity contribution in [3.8, 4) is 0 Å². The van der Waals surface area contributed by atoms with E-state index in [0.29, 0.717) is 13.2 Å². The van der Waals surface area contributed by atoms with Gasteiger partial charge in [-0.1, -0.05) is 24.3 Å². The molecule has 0 bridgehead atoms. The van der Waals surface area contributed by atoms with Crippen LogP contribution in [0.1, 0.15) is 13.8 Å². The Morgan fingerprint density at radius 2 is 1.85 bits per heavy atom. The molecule has 2 aromatic carbocycles. The highest BCUT2D eigenvalue weighted by Gasteiger charge is 2.17. The van der Waals surface area contributed by atoms with Gasteiger partial charge in [0, 0.05) is 28.5 Å². The van der Waals surface area contributed by atoms with Gasteiger partial charge < -0.3 is 20.5 Å². The quantitative estimate of drug-likeness (QED) is 0.639. The van der Waals surface area contributed by atoms with Gasteiger partial charge in [0.15, 0.2) is 0 Å². The first-order chi connectivity index (χ1) is 12.9. The number of fused-ring (bicyclic) bond motifs is 1. The SMILES string of the molecule is CC(C)(N)COCC(O)CN(c1ccccc1)c1ccc2ncccc2c1. The van der Waals surface area contributed by atoms with Crippen LogP contribution >= 0.6 is 0 Å². The summed E-state index contributed by atoms with van der Waals surface area (Å²) in [6.07, 6.45) is 1.15. The fourth-order valence-electron chi connectivity index (χ4n) is 2.92. The molecule has 1 heterocycles. The molecule has 0 aliphatic carbocycles. The predicted molar refractivity (Wildman–Crippen MR) is 110 cm³/mol. The van der Waals surface area contributed by atoms with E-state index in [2.05, 4.69) is 16.0 Å². The lowest BCUT2D eigenvalue weighted by Gasteiger charge is -2.28. The molecule has 3 rings (SSSR count). The number of aliphatic hydroxyl groups is 1. The van der Waals surface area contributed by atoms with Gasteiger partial charge in [-0.15, -0.1) is 0 Å². The summed E-state index contributed by atoms with van der Waals surface area (Å²) in [5, 5.41) is 11.6. The maximum Gasteiger partial charge on any atom is 0.0952 e. The van der Waals surface area contributed by atoms with Gasteiger partial charge >= 0.3 is 0 Å². The van der Waals surface area contributed by atoms with Crippen LogP contribution in [0.2, 0.25) is 0 Å². The third-order valence-electron chi connectivity index (χ3n) is 4.14. The number of hydrogen-bond donors (Lipinski definition) is 2. The summed E-state index contributed by atoms with van der Waals surface area (Å²) in [6.45, 7) is 4.86. The van der Waals surface area contributed by atoms with Crippen LogP contribution in [0.15, 0.2) is 66.9 Å². The van der Waals surface area contributed by atoms with Crippen molar-refractivity contribution in [3.63, 3.8) is 0 Å². The van der Waals surface area contributed by atoms with Crippen molar-refractivity contribution in [1.82, 2.24) is 4.98 Å². The van der Waals surface area contributed by atoms with Crippen LogP contribution in [0.4, 0.5) is 11.4 Å². The maximum atomic E-state index is 10.5. The van der Waals surface area contributed by atoms with Crippen LogP contribution < -0.4 is 10.6 Å². The van der Waals surface area contributed by atoms with Crippen LogP contribution in [0.5, 0.6) is 0 Å². The average molecular weight is 365 g/mol. The van der Waals surface area contributed by atoms with Crippen LogP contribution in [0.3, 0.4) is 0 Å². The Morgan fingerprint density at radius 1 is 1.07 bits per heavy atom. The lowest BCUT2D eigenvalue weighted by molar-refractivity contribution is 0.0243. The number of rotatable bonds is 8. The summed E-state index contributed by atoms with van der Waals surface area (Å²) < 4.78 is 5.59. The van der Waals surface area contributed by atoms with E-state index < -0.39 is 11.6 Å². The van der Waals surface area contributed by atoms with E-state index >= 15 is 0 Å². The molecular weight excluding hydrogens is 338 g/mol. The largest absolute Gasteiger partial charge is 0.389 e. The Hall–Kier alpha value is -2.47. The van der Waals surface area contributed by atoms with E-state index in [1.54, 1.807) is 6.20 Å². The van der Waals surface area contributed by atoms with E-state index in [9.17, 15) is 5.11 Å². The monoisotopic (exact) mass is 365 g/mol. The first-order valence-corrected chi connectivity index (χ1v) is 9.14. The fraction of sp³-hybridized carbons (Fsp3) is 0.318. The molecule has 0 saturated heterocycles. The topological polar surface area (TPSA) is 71.6 Å². The van der Waals surface area contributed by atoms with E-state index in [1.165, 1.54) is 0 Å². The molecule has 0 radical (unpaired) electrons. The molecule has 3 aromatic rings. The molecule has 0 aliphatic rings. The highest BCUT2D eigenvalue weighted by atomic mass is 16.5. The van der Waals surface area contributed by atoms with Crippen molar-refractivity contribution in [1.29, 1.82) is 0 Å². The number of aromatic nitrogens is 1. The molecule has 5 heteroatoms. The Labute approximate surface area is 160 Å². The van der Waals surface area contributed by atoms with Crippen LogP contribution in [0.25, 0.3) is 10.9 Å². The molecule has 27 heavy (non-hydrogen) atoms. The molecule has 0 aliphatic heterocycles. The standard InChI is InChI=1S/C22H27N3O2/c1-22(2,23)16-27-15-20(26)14-25(18-8-4-3-5-9-18)19-10-11-21-17(13-19)7-6-12-24-21/h3-13,20,26H,14-16,23H2,1-2H3. The predicted octanol–water partition coefficient (Wildman–Crippen LogP) is 3.49. The summed E-state index contributed by atoms with van der Waals surface area (Å²) in [6, 6.07) is 20.1. The summed E-state index contributed by atoms with van der Waals surface area (Å²) in [5.41, 5.74) is 8.48. The highest BCUT2D eigenvalue weighted by Crippen LogP contribution is 2.28. The number of ether oxygens (including phenoxy) is 1. The number of pyridine rings is 1. The first kappa shape index (κ1) is 19.3. The van der Waals surface area contributed by atoms with E-state index in [1.807, 2.05) is 68.4 Å². The van der Waals surface area contributed by atoms with Crippen molar-refractivity contribution < 1.29 is 9.84 Å². The fourth-order valence-corrected chi connectivity index (χ4v) is 2.92. The second kappa shape index (κ2) is 8.48.